The van der Waals surface area contributed by atoms with Gasteiger partial charge in [-0.2, -0.15) is 0 Å². The van der Waals surface area contributed by atoms with Crippen LogP contribution in [0, 0.1) is 5.92 Å². The van der Waals surface area contributed by atoms with Crippen LogP contribution in [0.4, 0.5) is 0 Å². The Morgan fingerprint density at radius 1 is 1.42 bits per heavy atom. The number of nitrogens with zero attached hydrogens (tertiary/aromatic N) is 1. The Labute approximate surface area is 112 Å². The number of carboxylic acid groups (broad SMARTS) is 1. The largest absolute Gasteiger partial charge is 0.508 e. The van der Waals surface area contributed by atoms with E-state index in [4.69, 9.17) is 5.11 Å². The van der Waals surface area contributed by atoms with Crippen molar-refractivity contribution < 1.29 is 20.1 Å². The minimum Gasteiger partial charge on any atom is -0.508 e. The molecule has 0 spiro atoms. The summed E-state index contributed by atoms with van der Waals surface area (Å²) in [5, 5.41) is 28.2. The van der Waals surface area contributed by atoms with E-state index in [2.05, 4.69) is 4.90 Å². The molecule has 2 atom stereocenters. The maximum absolute atomic E-state index is 11.1. The second-order valence-electron chi connectivity index (χ2n) is 5.09. The molecule has 0 amide bonds. The van der Waals surface area contributed by atoms with E-state index >= 15 is 0 Å². The molecule has 0 bridgehead atoms. The Balaban J connectivity index is 2.14. The van der Waals surface area contributed by atoms with E-state index in [1.807, 2.05) is 6.92 Å². The van der Waals surface area contributed by atoms with Crippen molar-refractivity contribution in [1.82, 2.24) is 4.90 Å². The molecule has 104 valence electrons. The summed E-state index contributed by atoms with van der Waals surface area (Å²) in [5.74, 6) is -1.03. The van der Waals surface area contributed by atoms with Gasteiger partial charge in [0.15, 0.2) is 0 Å². The zero-order valence-corrected chi connectivity index (χ0v) is 10.9. The second-order valence-corrected chi connectivity index (χ2v) is 5.09. The highest BCUT2D eigenvalue weighted by molar-refractivity contribution is 5.70. The number of phenolic OH excluding ortho intramolecular Hbond substituents is 2. The standard InChI is InChI=1S/C14H19NO4/c1-9(12-5-4-11(16)7-13(12)17)15-6-2-3-10(8-15)14(18)19/h4-5,7,9-10,16-17H,2-3,6,8H2,1H3,(H,18,19). The third-order valence-electron chi connectivity index (χ3n) is 3.81. The minimum absolute atomic E-state index is 0.0236. The summed E-state index contributed by atoms with van der Waals surface area (Å²) in [6.07, 6.45) is 1.56. The van der Waals surface area contributed by atoms with Gasteiger partial charge in [0.1, 0.15) is 11.5 Å². The lowest BCUT2D eigenvalue weighted by Crippen LogP contribution is -2.40. The normalized spacial score (nSPS) is 22.1. The summed E-state index contributed by atoms with van der Waals surface area (Å²) >= 11 is 0. The first kappa shape index (κ1) is 13.7. The average Bonchev–Trinajstić information content (AvgIpc) is 2.38. The highest BCUT2D eigenvalue weighted by atomic mass is 16.4. The number of hydrogen-bond donors (Lipinski definition) is 3. The molecule has 1 heterocycles. The number of piperidine rings is 1. The maximum Gasteiger partial charge on any atom is 0.307 e. The van der Waals surface area contributed by atoms with Crippen LogP contribution in [0.15, 0.2) is 18.2 Å². The Hall–Kier alpha value is -1.75. The van der Waals surface area contributed by atoms with E-state index in [9.17, 15) is 15.0 Å². The van der Waals surface area contributed by atoms with Crippen LogP contribution < -0.4 is 0 Å². The number of carbonyl (C=O) groups is 1. The van der Waals surface area contributed by atoms with Crippen LogP contribution in [-0.2, 0) is 4.79 Å². The lowest BCUT2D eigenvalue weighted by atomic mass is 9.95. The Bertz CT molecular complexity index is 475. The van der Waals surface area contributed by atoms with Gasteiger partial charge in [0.25, 0.3) is 0 Å². The van der Waals surface area contributed by atoms with E-state index in [0.29, 0.717) is 18.5 Å². The molecule has 2 rings (SSSR count). The number of rotatable bonds is 3. The van der Waals surface area contributed by atoms with Gasteiger partial charge >= 0.3 is 5.97 Å². The monoisotopic (exact) mass is 265 g/mol. The van der Waals surface area contributed by atoms with Crippen LogP contribution in [0.5, 0.6) is 11.5 Å². The van der Waals surface area contributed by atoms with E-state index in [1.54, 1.807) is 6.07 Å². The summed E-state index contributed by atoms with van der Waals surface area (Å²) in [5.41, 5.74) is 0.712. The van der Waals surface area contributed by atoms with Gasteiger partial charge in [-0.15, -0.1) is 0 Å². The fraction of sp³-hybridized carbons (Fsp3) is 0.500. The van der Waals surface area contributed by atoms with Gasteiger partial charge in [-0.05, 0) is 32.4 Å². The van der Waals surface area contributed by atoms with E-state index in [0.717, 1.165) is 13.0 Å². The van der Waals surface area contributed by atoms with Crippen LogP contribution in [0.25, 0.3) is 0 Å². The summed E-state index contributed by atoms with van der Waals surface area (Å²) in [4.78, 5) is 13.1. The molecule has 0 radical (unpaired) electrons. The zero-order chi connectivity index (χ0) is 14.0. The molecule has 5 nitrogen and oxygen atoms in total. The number of aliphatic carboxylic acids is 1. The summed E-state index contributed by atoms with van der Waals surface area (Å²) in [6, 6.07) is 4.46. The van der Waals surface area contributed by atoms with Crippen molar-refractivity contribution in [3.05, 3.63) is 23.8 Å². The molecule has 1 fully saturated rings. The third kappa shape index (κ3) is 2.98. The highest BCUT2D eigenvalue weighted by Gasteiger charge is 2.29. The van der Waals surface area contributed by atoms with Gasteiger partial charge in [-0.25, -0.2) is 0 Å². The molecule has 1 aliphatic heterocycles. The Morgan fingerprint density at radius 2 is 2.16 bits per heavy atom. The van der Waals surface area contributed by atoms with Gasteiger partial charge in [-0.1, -0.05) is 6.07 Å². The molecular weight excluding hydrogens is 246 g/mol. The van der Waals surface area contributed by atoms with Crippen molar-refractivity contribution in [2.75, 3.05) is 13.1 Å². The topological polar surface area (TPSA) is 81.0 Å². The van der Waals surface area contributed by atoms with Crippen molar-refractivity contribution in [3.8, 4) is 11.5 Å². The molecule has 1 saturated heterocycles. The Morgan fingerprint density at radius 3 is 2.79 bits per heavy atom. The number of carboxylic acids is 1. The predicted molar refractivity (Wildman–Crippen MR) is 70.1 cm³/mol. The van der Waals surface area contributed by atoms with Crippen LogP contribution in [0.3, 0.4) is 0 Å². The number of hydrogen-bond acceptors (Lipinski definition) is 4. The predicted octanol–water partition coefficient (Wildman–Crippen LogP) is 1.96. The van der Waals surface area contributed by atoms with Crippen molar-refractivity contribution >= 4 is 5.97 Å². The van der Waals surface area contributed by atoms with Crippen LogP contribution in [-0.4, -0.2) is 39.3 Å². The van der Waals surface area contributed by atoms with Crippen LogP contribution >= 0.6 is 0 Å². The highest BCUT2D eigenvalue weighted by Crippen LogP contribution is 2.33. The number of likely N-dealkylation sites (tertiary alicyclic amines) is 1. The van der Waals surface area contributed by atoms with Gasteiger partial charge < -0.3 is 15.3 Å². The molecule has 1 aromatic rings. The zero-order valence-electron chi connectivity index (χ0n) is 10.9. The molecule has 19 heavy (non-hydrogen) atoms. The molecule has 1 aromatic carbocycles. The summed E-state index contributed by atoms with van der Waals surface area (Å²) in [7, 11) is 0. The third-order valence-corrected chi connectivity index (χ3v) is 3.81. The molecule has 1 aliphatic rings. The van der Waals surface area contributed by atoms with Gasteiger partial charge in [-0.3, -0.25) is 9.69 Å². The van der Waals surface area contributed by atoms with Crippen molar-refractivity contribution in [2.24, 2.45) is 5.92 Å². The van der Waals surface area contributed by atoms with E-state index in [-0.39, 0.29) is 23.5 Å². The number of benzene rings is 1. The van der Waals surface area contributed by atoms with E-state index < -0.39 is 5.97 Å². The fourth-order valence-corrected chi connectivity index (χ4v) is 2.64. The smallest absolute Gasteiger partial charge is 0.307 e. The second kappa shape index (κ2) is 5.48. The van der Waals surface area contributed by atoms with Crippen LogP contribution in [0.2, 0.25) is 0 Å². The SMILES string of the molecule is CC(c1ccc(O)cc1O)N1CCCC(C(=O)O)C1. The average molecular weight is 265 g/mol. The Kier molecular flexibility index (Phi) is 3.95. The van der Waals surface area contributed by atoms with Gasteiger partial charge in [0.05, 0.1) is 5.92 Å². The fourth-order valence-electron chi connectivity index (χ4n) is 2.64. The van der Waals surface area contributed by atoms with Gasteiger partial charge in [0, 0.05) is 24.2 Å². The number of aromatic hydroxyl groups is 2. The molecule has 0 aliphatic carbocycles. The first-order valence-corrected chi connectivity index (χ1v) is 6.47. The number of phenols is 2. The van der Waals surface area contributed by atoms with E-state index in [1.165, 1.54) is 12.1 Å². The summed E-state index contributed by atoms with van der Waals surface area (Å²) in [6.45, 7) is 3.26. The van der Waals surface area contributed by atoms with Gasteiger partial charge in [0.2, 0.25) is 0 Å². The lowest BCUT2D eigenvalue weighted by Gasteiger charge is -2.35. The van der Waals surface area contributed by atoms with Crippen molar-refractivity contribution in [2.45, 2.75) is 25.8 Å². The molecule has 0 saturated carbocycles. The summed E-state index contributed by atoms with van der Waals surface area (Å²) < 4.78 is 0. The lowest BCUT2D eigenvalue weighted by molar-refractivity contribution is -0.143. The first-order chi connectivity index (χ1) is 8.99. The molecule has 3 N–H and O–H groups in total. The van der Waals surface area contributed by atoms with Crippen molar-refractivity contribution in [1.29, 1.82) is 0 Å². The van der Waals surface area contributed by atoms with Crippen molar-refractivity contribution in [3.63, 3.8) is 0 Å². The quantitative estimate of drug-likeness (QED) is 0.778. The minimum atomic E-state index is -0.758. The first-order valence-electron chi connectivity index (χ1n) is 6.47. The van der Waals surface area contributed by atoms with Crippen LogP contribution in [0.1, 0.15) is 31.4 Å². The molecule has 2 unspecified atom stereocenters. The molecule has 0 aromatic heterocycles. The maximum atomic E-state index is 11.1. The molecular formula is C14H19NO4. The molecule has 5 heteroatoms.